The molecule has 4 aromatic rings. The van der Waals surface area contributed by atoms with Crippen molar-refractivity contribution < 1.29 is 0 Å². The highest BCUT2D eigenvalue weighted by Crippen LogP contribution is 2.35. The predicted molar refractivity (Wildman–Crippen MR) is 112 cm³/mol. The van der Waals surface area contributed by atoms with Gasteiger partial charge in [0.1, 0.15) is 4.60 Å². The molecule has 0 fully saturated rings. The molecule has 0 atom stereocenters. The maximum atomic E-state index is 5.92. The molecule has 7 heteroatoms. The largest absolute Gasteiger partial charge is 0.368 e. The highest BCUT2D eigenvalue weighted by molar-refractivity contribution is 9.10. The Morgan fingerprint density at radius 3 is 2.38 bits per heavy atom. The minimum absolute atomic E-state index is 0.228. The van der Waals surface area contributed by atoms with Crippen LogP contribution in [-0.2, 0) is 0 Å². The van der Waals surface area contributed by atoms with Gasteiger partial charge in [0, 0.05) is 17.1 Å². The van der Waals surface area contributed by atoms with E-state index in [2.05, 4.69) is 47.0 Å². The Kier molecular flexibility index (Phi) is 4.57. The van der Waals surface area contributed by atoms with E-state index in [0.717, 1.165) is 32.3 Å². The number of nitrogens with zero attached hydrogens (tertiary/aromatic N) is 4. The molecule has 0 saturated heterocycles. The minimum atomic E-state index is 0.228. The van der Waals surface area contributed by atoms with Gasteiger partial charge in [-0.25, -0.2) is 9.97 Å². The minimum Gasteiger partial charge on any atom is -0.368 e. The van der Waals surface area contributed by atoms with E-state index < -0.39 is 0 Å². The Morgan fingerprint density at radius 2 is 1.65 bits per heavy atom. The van der Waals surface area contributed by atoms with Crippen molar-refractivity contribution in [2.24, 2.45) is 0 Å². The zero-order valence-electron chi connectivity index (χ0n) is 13.5. The quantitative estimate of drug-likeness (QED) is 0.317. The maximum absolute atomic E-state index is 5.92. The zero-order chi connectivity index (χ0) is 18.1. The third-order valence-electron chi connectivity index (χ3n) is 3.92. The average Bonchev–Trinajstić information content (AvgIpc) is 2.68. The monoisotopic (exact) mass is 469 g/mol. The van der Waals surface area contributed by atoms with Crippen LogP contribution in [0.15, 0.2) is 71.5 Å². The van der Waals surface area contributed by atoms with Gasteiger partial charge in [-0.05, 0) is 51.8 Å². The summed E-state index contributed by atoms with van der Waals surface area (Å²) in [7, 11) is 0. The molecule has 0 aliphatic carbocycles. The van der Waals surface area contributed by atoms with E-state index in [-0.39, 0.29) is 5.95 Å². The van der Waals surface area contributed by atoms with E-state index in [4.69, 9.17) is 5.73 Å². The molecule has 2 heterocycles. The second kappa shape index (κ2) is 7.01. The van der Waals surface area contributed by atoms with Gasteiger partial charge in [-0.15, -0.1) is 0 Å². The van der Waals surface area contributed by atoms with Crippen molar-refractivity contribution >= 4 is 60.4 Å². The molecule has 0 radical (unpaired) electrons. The van der Waals surface area contributed by atoms with Crippen LogP contribution in [-0.4, -0.2) is 15.0 Å². The fourth-order valence-electron chi connectivity index (χ4n) is 2.69. The van der Waals surface area contributed by atoms with Gasteiger partial charge in [0.05, 0.1) is 27.4 Å². The summed E-state index contributed by atoms with van der Waals surface area (Å²) >= 11 is 6.97. The molecular weight excluding hydrogens is 458 g/mol. The van der Waals surface area contributed by atoms with Gasteiger partial charge in [-0.3, -0.25) is 3.93 Å². The van der Waals surface area contributed by atoms with Crippen LogP contribution in [0.2, 0.25) is 0 Å². The lowest BCUT2D eigenvalue weighted by Gasteiger charge is -2.18. The number of hydrogen-bond acceptors (Lipinski definition) is 5. The second-order valence-electron chi connectivity index (χ2n) is 5.62. The maximum Gasteiger partial charge on any atom is 0.222 e. The Bertz CT molecular complexity index is 1070. The van der Waals surface area contributed by atoms with Crippen LogP contribution in [0.25, 0.3) is 22.0 Å². The lowest BCUT2D eigenvalue weighted by molar-refractivity contribution is 1.21. The van der Waals surface area contributed by atoms with Gasteiger partial charge in [0.25, 0.3) is 0 Å². The normalized spacial score (nSPS) is 10.8. The number of hydrogen-bond donors (Lipinski definition) is 1. The molecule has 26 heavy (non-hydrogen) atoms. The Labute approximate surface area is 167 Å². The van der Waals surface area contributed by atoms with E-state index in [1.54, 1.807) is 0 Å². The first-order valence-electron chi connectivity index (χ1n) is 7.82. The molecule has 5 nitrogen and oxygen atoms in total. The molecule has 2 N–H and O–H groups in total. The summed E-state index contributed by atoms with van der Waals surface area (Å²) in [6.07, 6.45) is 1.83. The summed E-state index contributed by atoms with van der Waals surface area (Å²) in [4.78, 5) is 13.1. The van der Waals surface area contributed by atoms with E-state index in [1.807, 2.05) is 70.8 Å². The number of nitrogens with two attached hydrogens (primary N) is 1. The summed E-state index contributed by atoms with van der Waals surface area (Å²) in [6.45, 7) is 0. The third kappa shape index (κ3) is 3.27. The van der Waals surface area contributed by atoms with E-state index >= 15 is 0 Å². The molecule has 0 aliphatic rings. The summed E-state index contributed by atoms with van der Waals surface area (Å²) in [5.41, 5.74) is 9.69. The van der Waals surface area contributed by atoms with Crippen molar-refractivity contribution in [2.75, 3.05) is 9.66 Å². The fourth-order valence-corrected chi connectivity index (χ4v) is 3.43. The second-order valence-corrected chi connectivity index (χ2v) is 7.15. The molecule has 0 unspecified atom stereocenters. The summed E-state index contributed by atoms with van der Waals surface area (Å²) < 4.78 is 2.63. The van der Waals surface area contributed by atoms with Crippen molar-refractivity contribution in [3.05, 3.63) is 71.5 Å². The van der Waals surface area contributed by atoms with Crippen LogP contribution >= 0.6 is 32.1 Å². The van der Waals surface area contributed by atoms with Crippen LogP contribution in [0.3, 0.4) is 0 Å². The molecule has 0 amide bonds. The number of aromatic nitrogens is 3. The molecule has 2 aromatic carbocycles. The zero-order valence-corrected chi connectivity index (χ0v) is 16.6. The first-order valence-corrected chi connectivity index (χ1v) is 9.32. The van der Waals surface area contributed by atoms with E-state index in [0.29, 0.717) is 5.82 Å². The van der Waals surface area contributed by atoms with Gasteiger partial charge in [0.15, 0.2) is 5.82 Å². The summed E-state index contributed by atoms with van der Waals surface area (Å²) in [5.74, 6) is 0.913. The molecular formula is C19H13Br2N5. The number of rotatable bonds is 3. The van der Waals surface area contributed by atoms with Crippen LogP contribution in [0.4, 0.5) is 17.5 Å². The number of nitrogen functional groups attached to an aromatic ring is 1. The van der Waals surface area contributed by atoms with Crippen molar-refractivity contribution in [1.29, 1.82) is 0 Å². The smallest absolute Gasteiger partial charge is 0.222 e. The number of anilines is 3. The Morgan fingerprint density at radius 1 is 0.885 bits per heavy atom. The number of fused-ring (bicyclic) bond motifs is 1. The van der Waals surface area contributed by atoms with E-state index in [9.17, 15) is 0 Å². The van der Waals surface area contributed by atoms with Crippen molar-refractivity contribution in [2.45, 2.75) is 0 Å². The van der Waals surface area contributed by atoms with Crippen molar-refractivity contribution in [1.82, 2.24) is 15.0 Å². The highest BCUT2D eigenvalue weighted by Gasteiger charge is 2.14. The topological polar surface area (TPSA) is 67.9 Å². The van der Waals surface area contributed by atoms with Gasteiger partial charge in [-0.2, -0.15) is 4.98 Å². The number of para-hydroxylation sites is 1. The fraction of sp³-hybridized carbons (Fsp3) is 0. The van der Waals surface area contributed by atoms with Crippen LogP contribution in [0, 0.1) is 0 Å². The lowest BCUT2D eigenvalue weighted by Crippen LogP contribution is -2.07. The molecule has 4 rings (SSSR count). The molecule has 128 valence electrons. The van der Waals surface area contributed by atoms with Gasteiger partial charge < -0.3 is 5.73 Å². The van der Waals surface area contributed by atoms with Gasteiger partial charge in [-0.1, -0.05) is 30.3 Å². The summed E-state index contributed by atoms with van der Waals surface area (Å²) in [6, 6.07) is 19.8. The standard InChI is InChI=1S/C19H13Br2N5/c20-17-9-7-13(11-23-17)12-6-8-16-15(10-12)18(25-19(22)24-16)26(21)14-4-2-1-3-5-14/h1-11H,(H2,22,24,25). The lowest BCUT2D eigenvalue weighted by atomic mass is 10.1. The molecule has 0 aliphatic heterocycles. The van der Waals surface area contributed by atoms with E-state index in [1.165, 1.54) is 0 Å². The summed E-state index contributed by atoms with van der Waals surface area (Å²) in [5, 5.41) is 0.889. The van der Waals surface area contributed by atoms with Crippen LogP contribution in [0.1, 0.15) is 0 Å². The Balaban J connectivity index is 1.88. The third-order valence-corrected chi connectivity index (χ3v) is 5.14. The first-order chi connectivity index (χ1) is 12.6. The van der Waals surface area contributed by atoms with Crippen molar-refractivity contribution in [3.63, 3.8) is 0 Å². The molecule has 0 bridgehead atoms. The molecule has 2 aromatic heterocycles. The van der Waals surface area contributed by atoms with Crippen molar-refractivity contribution in [3.8, 4) is 11.1 Å². The SMILES string of the molecule is Nc1nc(N(Br)c2ccccc2)c2cc(-c3ccc(Br)nc3)ccc2n1. The average molecular weight is 471 g/mol. The molecule has 0 saturated carbocycles. The molecule has 0 spiro atoms. The van der Waals surface area contributed by atoms with Gasteiger partial charge in [0.2, 0.25) is 5.95 Å². The number of benzene rings is 2. The highest BCUT2D eigenvalue weighted by atomic mass is 79.9. The van der Waals surface area contributed by atoms with Crippen LogP contribution in [0.5, 0.6) is 0 Å². The predicted octanol–water partition coefficient (Wildman–Crippen LogP) is 5.48. The first kappa shape index (κ1) is 16.9. The number of pyridine rings is 1. The Hall–Kier alpha value is -2.51. The number of halogens is 2. The van der Waals surface area contributed by atoms with Crippen LogP contribution < -0.4 is 9.66 Å². The van der Waals surface area contributed by atoms with Gasteiger partial charge >= 0.3 is 0 Å².